The van der Waals surface area contributed by atoms with Crippen molar-refractivity contribution < 1.29 is 15.3 Å². The molecule has 10 atom stereocenters. The van der Waals surface area contributed by atoms with Crippen LogP contribution >= 0.6 is 0 Å². The van der Waals surface area contributed by atoms with Crippen LogP contribution in [0.5, 0.6) is 0 Å². The van der Waals surface area contributed by atoms with Crippen molar-refractivity contribution in [2.45, 2.75) is 118 Å². The maximum Gasteiger partial charge on any atom is 0.0609 e. The third-order valence-electron chi connectivity index (χ3n) is 12.7. The van der Waals surface area contributed by atoms with Gasteiger partial charge in [0.15, 0.2) is 0 Å². The maximum absolute atomic E-state index is 10.4. The van der Waals surface area contributed by atoms with Gasteiger partial charge in [-0.2, -0.15) is 0 Å². The molecule has 0 spiro atoms. The minimum Gasteiger partial charge on any atom is -0.400 e. The predicted molar refractivity (Wildman–Crippen MR) is 152 cm³/mol. The van der Waals surface area contributed by atoms with Crippen LogP contribution in [0.3, 0.4) is 0 Å². The summed E-state index contributed by atoms with van der Waals surface area (Å²) in [5.74, 6) is 4.04. The molecule has 5 fully saturated rings. The van der Waals surface area contributed by atoms with Crippen LogP contribution < -0.4 is 5.73 Å². The Kier molecular flexibility index (Phi) is 11.1. The van der Waals surface area contributed by atoms with Crippen LogP contribution in [-0.4, -0.2) is 41.7 Å². The Hall–Kier alpha value is -0.420. The Morgan fingerprint density at radius 2 is 1.44 bits per heavy atom. The third kappa shape index (κ3) is 4.87. The molecule has 0 heterocycles. The van der Waals surface area contributed by atoms with Crippen molar-refractivity contribution in [3.05, 3.63) is 12.7 Å². The van der Waals surface area contributed by atoms with Crippen molar-refractivity contribution in [2.75, 3.05) is 20.3 Å². The Morgan fingerprint density at radius 1 is 0.806 bits per heavy atom. The molecular weight excluding hydrogens is 446 g/mol. The molecule has 4 heteroatoms. The number of aliphatic hydroxyl groups is 3. The lowest BCUT2D eigenvalue weighted by atomic mass is 9.33. The second-order valence-corrected chi connectivity index (χ2v) is 13.3. The standard InChI is InChI=1S/C26H45NO.C3H6O.C2H6.CH4O/c1-17-18-9-13-25(4)22(23(18,2)12-10-21(17)27)8-7-19-20-6-5-11-26(20,16-28)15-14-24(19,25)3;1-2-3-4;2*1-2/h17-22,28H,5-16,27H2,1-4H3;2,4H,1,3H2;1-2H3;2H,1H3/t17?,18?,19?,20?,21?,22?,23?,24-,25?,26?;;;/m1.../s1. The van der Waals surface area contributed by atoms with Gasteiger partial charge in [0.05, 0.1) is 6.61 Å². The van der Waals surface area contributed by atoms with Gasteiger partial charge in [-0.15, -0.1) is 6.58 Å². The number of hydrogen-bond donors (Lipinski definition) is 4. The van der Waals surface area contributed by atoms with Crippen LogP contribution in [-0.2, 0) is 0 Å². The molecule has 5 saturated carbocycles. The smallest absolute Gasteiger partial charge is 0.0609 e. The van der Waals surface area contributed by atoms with Gasteiger partial charge in [-0.05, 0) is 115 Å². The molecule has 0 saturated heterocycles. The minimum atomic E-state index is 0.0833. The predicted octanol–water partition coefficient (Wildman–Crippen LogP) is 6.57. The van der Waals surface area contributed by atoms with E-state index >= 15 is 0 Å². The van der Waals surface area contributed by atoms with Gasteiger partial charge in [0, 0.05) is 19.8 Å². The highest BCUT2D eigenvalue weighted by molar-refractivity contribution is 5.17. The average Bonchev–Trinajstić information content (AvgIpc) is 3.34. The highest BCUT2D eigenvalue weighted by Crippen LogP contribution is 2.75. The van der Waals surface area contributed by atoms with Crippen LogP contribution in [0.4, 0.5) is 0 Å². The van der Waals surface area contributed by atoms with Gasteiger partial charge in [-0.25, -0.2) is 0 Å². The van der Waals surface area contributed by atoms with Crippen LogP contribution in [0, 0.1) is 51.2 Å². The van der Waals surface area contributed by atoms with E-state index in [1.54, 1.807) is 0 Å². The van der Waals surface area contributed by atoms with Crippen LogP contribution in [0.2, 0.25) is 0 Å². The molecule has 5 N–H and O–H groups in total. The van der Waals surface area contributed by atoms with Gasteiger partial charge in [0.25, 0.3) is 0 Å². The van der Waals surface area contributed by atoms with E-state index in [1.165, 1.54) is 76.7 Å². The van der Waals surface area contributed by atoms with Gasteiger partial charge in [-0.3, -0.25) is 0 Å². The molecule has 0 aliphatic heterocycles. The van der Waals surface area contributed by atoms with E-state index in [0.717, 1.165) is 30.8 Å². The lowest BCUT2D eigenvalue weighted by Crippen LogP contribution is -2.65. The second-order valence-electron chi connectivity index (χ2n) is 13.3. The maximum atomic E-state index is 10.4. The number of rotatable bonds is 2. The van der Waals surface area contributed by atoms with E-state index in [1.807, 2.05) is 13.8 Å². The van der Waals surface area contributed by atoms with Gasteiger partial charge in [0.2, 0.25) is 0 Å². The molecular formula is C32H61NO3. The topological polar surface area (TPSA) is 86.7 Å². The lowest BCUT2D eigenvalue weighted by Gasteiger charge is -2.71. The molecule has 5 aliphatic carbocycles. The molecule has 0 aromatic carbocycles. The Balaban J connectivity index is 0.000000512. The molecule has 0 bridgehead atoms. The summed E-state index contributed by atoms with van der Waals surface area (Å²) in [5.41, 5.74) is 8.27. The van der Waals surface area contributed by atoms with E-state index < -0.39 is 0 Å². The quantitative estimate of drug-likeness (QED) is 0.318. The van der Waals surface area contributed by atoms with Crippen molar-refractivity contribution in [1.29, 1.82) is 0 Å². The molecule has 9 unspecified atom stereocenters. The highest BCUT2D eigenvalue weighted by atomic mass is 16.3. The number of hydrogen-bond acceptors (Lipinski definition) is 4. The van der Waals surface area contributed by atoms with E-state index in [9.17, 15) is 5.11 Å². The van der Waals surface area contributed by atoms with E-state index in [2.05, 4.69) is 34.3 Å². The van der Waals surface area contributed by atoms with Crippen molar-refractivity contribution in [3.8, 4) is 0 Å². The molecule has 0 aromatic rings. The summed E-state index contributed by atoms with van der Waals surface area (Å²) in [4.78, 5) is 0. The second kappa shape index (κ2) is 12.6. The first-order valence-corrected chi connectivity index (χ1v) is 15.2. The first-order chi connectivity index (χ1) is 17.1. The summed E-state index contributed by atoms with van der Waals surface area (Å²) in [6, 6.07) is 0.424. The number of fused-ring (bicyclic) bond motifs is 7. The van der Waals surface area contributed by atoms with Crippen LogP contribution in [0.25, 0.3) is 0 Å². The van der Waals surface area contributed by atoms with Crippen molar-refractivity contribution >= 4 is 0 Å². The fourth-order valence-electron chi connectivity index (χ4n) is 10.6. The fraction of sp³-hybridized carbons (Fsp3) is 0.938. The zero-order chi connectivity index (χ0) is 27.4. The van der Waals surface area contributed by atoms with Crippen LogP contribution in [0.15, 0.2) is 12.7 Å². The molecule has 212 valence electrons. The van der Waals surface area contributed by atoms with E-state index in [-0.39, 0.29) is 12.0 Å². The summed E-state index contributed by atoms with van der Waals surface area (Å²) in [5, 5.41) is 25.1. The number of nitrogens with two attached hydrogens (primary N) is 1. The highest BCUT2D eigenvalue weighted by Gasteiger charge is 2.68. The van der Waals surface area contributed by atoms with E-state index in [0.29, 0.717) is 34.8 Å². The Morgan fingerprint density at radius 3 is 2.03 bits per heavy atom. The third-order valence-corrected chi connectivity index (χ3v) is 12.7. The molecule has 0 aromatic heterocycles. The molecule has 5 rings (SSSR count). The first kappa shape index (κ1) is 31.8. The summed E-state index contributed by atoms with van der Waals surface area (Å²) in [6.45, 7) is 18.3. The summed E-state index contributed by atoms with van der Waals surface area (Å²) in [7, 11) is 1.00. The van der Waals surface area contributed by atoms with Crippen molar-refractivity contribution in [2.24, 2.45) is 57.0 Å². The number of aliphatic hydroxyl groups excluding tert-OH is 3. The molecule has 0 amide bonds. The lowest BCUT2D eigenvalue weighted by molar-refractivity contribution is -0.229. The van der Waals surface area contributed by atoms with Gasteiger partial charge in [-0.1, -0.05) is 54.0 Å². The van der Waals surface area contributed by atoms with Crippen molar-refractivity contribution in [3.63, 3.8) is 0 Å². The first-order valence-electron chi connectivity index (χ1n) is 15.2. The monoisotopic (exact) mass is 507 g/mol. The van der Waals surface area contributed by atoms with Crippen LogP contribution in [0.1, 0.15) is 112 Å². The van der Waals surface area contributed by atoms with Gasteiger partial charge in [0.1, 0.15) is 0 Å². The normalized spacial score (nSPS) is 48.5. The molecule has 5 aliphatic rings. The average molecular weight is 508 g/mol. The molecule has 0 radical (unpaired) electrons. The Bertz CT molecular complexity index is 699. The van der Waals surface area contributed by atoms with Gasteiger partial charge < -0.3 is 21.1 Å². The fourth-order valence-corrected chi connectivity index (χ4v) is 10.6. The minimum absolute atomic E-state index is 0.0833. The zero-order valence-corrected chi connectivity index (χ0v) is 24.9. The zero-order valence-electron chi connectivity index (χ0n) is 24.9. The summed E-state index contributed by atoms with van der Waals surface area (Å²) >= 11 is 0. The SMILES string of the molecule is C=CCO.CC.CC1C(N)CCC2(C)C1CCC1(C)C2CCC2C3CCCC3(CO)CC[C@]21C.CO. The molecule has 36 heavy (non-hydrogen) atoms. The molecule has 4 nitrogen and oxygen atoms in total. The summed E-state index contributed by atoms with van der Waals surface area (Å²) < 4.78 is 0. The Labute approximate surface area is 223 Å². The largest absolute Gasteiger partial charge is 0.400 e. The van der Waals surface area contributed by atoms with E-state index in [4.69, 9.17) is 15.9 Å². The van der Waals surface area contributed by atoms with Crippen molar-refractivity contribution in [1.82, 2.24) is 0 Å². The summed E-state index contributed by atoms with van der Waals surface area (Å²) in [6.07, 6.45) is 16.4. The van der Waals surface area contributed by atoms with Gasteiger partial charge >= 0.3 is 0 Å².